The van der Waals surface area contributed by atoms with Gasteiger partial charge >= 0.3 is 12.0 Å². The third-order valence-electron chi connectivity index (χ3n) is 2.50. The number of aliphatic carboxylic acids is 1. The molecule has 0 aromatic heterocycles. The lowest BCUT2D eigenvalue weighted by atomic mass is 10.2. The summed E-state index contributed by atoms with van der Waals surface area (Å²) >= 11 is 0. The van der Waals surface area contributed by atoms with E-state index in [9.17, 15) is 18.8 Å². The summed E-state index contributed by atoms with van der Waals surface area (Å²) in [4.78, 5) is 34.5. The van der Waals surface area contributed by atoms with Crippen LogP contribution >= 0.6 is 0 Å². The Labute approximate surface area is 114 Å². The van der Waals surface area contributed by atoms with E-state index in [-0.39, 0.29) is 5.69 Å². The van der Waals surface area contributed by atoms with Gasteiger partial charge in [0.05, 0.1) is 6.42 Å². The van der Waals surface area contributed by atoms with Gasteiger partial charge in [-0.05, 0) is 18.2 Å². The monoisotopic (exact) mass is 283 g/mol. The molecule has 0 aliphatic rings. The van der Waals surface area contributed by atoms with Gasteiger partial charge < -0.3 is 16.2 Å². The number of benzene rings is 1. The highest BCUT2D eigenvalue weighted by Gasteiger charge is 2.24. The second kappa shape index (κ2) is 6.50. The molecule has 1 aromatic rings. The Morgan fingerprint density at radius 2 is 2.10 bits per heavy atom. The van der Waals surface area contributed by atoms with Gasteiger partial charge in [-0.2, -0.15) is 0 Å². The third-order valence-corrected chi connectivity index (χ3v) is 2.50. The van der Waals surface area contributed by atoms with Crippen LogP contribution < -0.4 is 16.0 Å². The number of hydrogen-bond donors (Lipinski definition) is 3. The fourth-order valence-corrected chi connectivity index (χ4v) is 1.45. The number of rotatable bonds is 5. The number of carboxylic acid groups (broad SMARTS) is 1. The van der Waals surface area contributed by atoms with E-state index in [2.05, 4.69) is 5.32 Å². The molecule has 3 amide bonds. The van der Waals surface area contributed by atoms with E-state index < -0.39 is 36.2 Å². The van der Waals surface area contributed by atoms with Crippen molar-refractivity contribution in [2.75, 3.05) is 11.9 Å². The zero-order chi connectivity index (χ0) is 15.3. The van der Waals surface area contributed by atoms with Crippen LogP contribution in [0.4, 0.5) is 14.9 Å². The Morgan fingerprint density at radius 3 is 2.60 bits per heavy atom. The molecule has 1 aromatic carbocycles. The number of amides is 3. The summed E-state index contributed by atoms with van der Waals surface area (Å²) in [5.41, 5.74) is 5.14. The zero-order valence-corrected chi connectivity index (χ0v) is 10.7. The highest BCUT2D eigenvalue weighted by Crippen LogP contribution is 2.14. The van der Waals surface area contributed by atoms with Gasteiger partial charge in [-0.15, -0.1) is 0 Å². The predicted molar refractivity (Wildman–Crippen MR) is 68.6 cm³/mol. The molecule has 0 fully saturated rings. The first-order valence-electron chi connectivity index (χ1n) is 5.62. The molecule has 108 valence electrons. The maximum Gasteiger partial charge on any atom is 0.326 e. The highest BCUT2D eigenvalue weighted by atomic mass is 19.1. The lowest BCUT2D eigenvalue weighted by Gasteiger charge is -2.21. The van der Waals surface area contributed by atoms with Gasteiger partial charge in [0.1, 0.15) is 11.9 Å². The van der Waals surface area contributed by atoms with Gasteiger partial charge in [0, 0.05) is 12.7 Å². The highest BCUT2D eigenvalue weighted by molar-refractivity contribution is 5.95. The number of carboxylic acids is 1. The SMILES string of the molecule is CN(C(=O)N[C@@H](CC(N)=O)C(=O)O)c1cccc(F)c1. The van der Waals surface area contributed by atoms with Crippen LogP contribution in [0.15, 0.2) is 24.3 Å². The Hall–Kier alpha value is -2.64. The molecule has 1 atom stereocenters. The van der Waals surface area contributed by atoms with Crippen LogP contribution in [0.2, 0.25) is 0 Å². The van der Waals surface area contributed by atoms with Gasteiger partial charge in [0.15, 0.2) is 0 Å². The predicted octanol–water partition coefficient (Wildman–Crippen LogP) is 0.300. The van der Waals surface area contributed by atoms with Crippen molar-refractivity contribution >= 4 is 23.6 Å². The van der Waals surface area contributed by atoms with Crippen LogP contribution in [-0.2, 0) is 9.59 Å². The van der Waals surface area contributed by atoms with Crippen molar-refractivity contribution in [3.8, 4) is 0 Å². The third kappa shape index (κ3) is 4.23. The summed E-state index contributed by atoms with van der Waals surface area (Å²) in [6.07, 6.45) is -0.530. The van der Waals surface area contributed by atoms with Crippen molar-refractivity contribution in [3.05, 3.63) is 30.1 Å². The van der Waals surface area contributed by atoms with Gasteiger partial charge in [-0.25, -0.2) is 14.0 Å². The van der Waals surface area contributed by atoms with E-state index in [1.165, 1.54) is 25.2 Å². The molecule has 0 aliphatic heterocycles. The minimum absolute atomic E-state index is 0.241. The number of nitrogens with two attached hydrogens (primary N) is 1. The number of carbonyl (C=O) groups excluding carboxylic acids is 2. The minimum Gasteiger partial charge on any atom is -0.480 e. The smallest absolute Gasteiger partial charge is 0.326 e. The van der Waals surface area contributed by atoms with Crippen molar-refractivity contribution in [2.24, 2.45) is 5.73 Å². The Kier molecular flexibility index (Phi) is 5.01. The number of carbonyl (C=O) groups is 3. The summed E-state index contributed by atoms with van der Waals surface area (Å²) in [5.74, 6) is -2.77. The fraction of sp³-hybridized carbons (Fsp3) is 0.250. The van der Waals surface area contributed by atoms with Crippen molar-refractivity contribution < 1.29 is 23.9 Å². The normalized spacial score (nSPS) is 11.5. The van der Waals surface area contributed by atoms with Crippen LogP contribution in [0.5, 0.6) is 0 Å². The van der Waals surface area contributed by atoms with E-state index in [4.69, 9.17) is 10.8 Å². The second-order valence-corrected chi connectivity index (χ2v) is 4.05. The second-order valence-electron chi connectivity index (χ2n) is 4.05. The van der Waals surface area contributed by atoms with Crippen LogP contribution in [0.1, 0.15) is 6.42 Å². The van der Waals surface area contributed by atoms with Crippen molar-refractivity contribution in [3.63, 3.8) is 0 Å². The Balaban J connectivity index is 2.78. The topological polar surface area (TPSA) is 113 Å². The number of hydrogen-bond acceptors (Lipinski definition) is 3. The molecule has 20 heavy (non-hydrogen) atoms. The molecule has 0 spiro atoms. The number of primary amides is 1. The van der Waals surface area contributed by atoms with Crippen molar-refractivity contribution in [1.82, 2.24) is 5.32 Å². The first kappa shape index (κ1) is 15.4. The van der Waals surface area contributed by atoms with E-state index in [1.807, 2.05) is 0 Å². The number of halogens is 1. The molecular weight excluding hydrogens is 269 g/mol. The fourth-order valence-electron chi connectivity index (χ4n) is 1.45. The molecule has 4 N–H and O–H groups in total. The molecule has 0 unspecified atom stereocenters. The summed E-state index contributed by atoms with van der Waals surface area (Å²) in [5, 5.41) is 11.0. The molecule has 0 radical (unpaired) electrons. The Morgan fingerprint density at radius 1 is 1.45 bits per heavy atom. The van der Waals surface area contributed by atoms with Crippen LogP contribution in [0, 0.1) is 5.82 Å². The van der Waals surface area contributed by atoms with E-state index in [0.29, 0.717) is 0 Å². The van der Waals surface area contributed by atoms with Gasteiger partial charge in [0.2, 0.25) is 5.91 Å². The average Bonchev–Trinajstić information content (AvgIpc) is 2.36. The van der Waals surface area contributed by atoms with Gasteiger partial charge in [-0.3, -0.25) is 9.69 Å². The average molecular weight is 283 g/mol. The molecule has 0 bridgehead atoms. The molecule has 0 aliphatic carbocycles. The van der Waals surface area contributed by atoms with Crippen LogP contribution in [-0.4, -0.2) is 36.1 Å². The lowest BCUT2D eigenvalue weighted by Crippen LogP contribution is -2.48. The summed E-state index contributed by atoms with van der Waals surface area (Å²) in [7, 11) is 1.34. The quantitative estimate of drug-likeness (QED) is 0.721. The van der Waals surface area contributed by atoms with Gasteiger partial charge in [0.25, 0.3) is 0 Å². The molecule has 0 saturated carbocycles. The molecule has 0 heterocycles. The zero-order valence-electron chi connectivity index (χ0n) is 10.7. The molecular formula is C12H14FN3O4. The van der Waals surface area contributed by atoms with Crippen LogP contribution in [0.3, 0.4) is 0 Å². The van der Waals surface area contributed by atoms with Crippen LogP contribution in [0.25, 0.3) is 0 Å². The maximum atomic E-state index is 13.0. The van der Waals surface area contributed by atoms with E-state index in [1.54, 1.807) is 0 Å². The first-order valence-corrected chi connectivity index (χ1v) is 5.62. The summed E-state index contributed by atoms with van der Waals surface area (Å²) in [6.45, 7) is 0. The van der Waals surface area contributed by atoms with Crippen molar-refractivity contribution in [2.45, 2.75) is 12.5 Å². The minimum atomic E-state index is -1.43. The largest absolute Gasteiger partial charge is 0.480 e. The van der Waals surface area contributed by atoms with E-state index >= 15 is 0 Å². The summed E-state index contributed by atoms with van der Waals surface area (Å²) < 4.78 is 13.0. The summed E-state index contributed by atoms with van der Waals surface area (Å²) in [6, 6.07) is 2.99. The van der Waals surface area contributed by atoms with Gasteiger partial charge in [-0.1, -0.05) is 6.07 Å². The lowest BCUT2D eigenvalue weighted by molar-refractivity contribution is -0.140. The molecule has 8 heteroatoms. The molecule has 7 nitrogen and oxygen atoms in total. The maximum absolute atomic E-state index is 13.0. The van der Waals surface area contributed by atoms with Crippen molar-refractivity contribution in [1.29, 1.82) is 0 Å². The number of anilines is 1. The molecule has 0 saturated heterocycles. The Bertz CT molecular complexity index is 535. The number of nitrogens with zero attached hydrogens (tertiary/aromatic N) is 1. The number of nitrogens with one attached hydrogen (secondary N) is 1. The standard InChI is InChI=1S/C12H14FN3O4/c1-16(8-4-2-3-7(13)5-8)12(20)15-9(11(18)19)6-10(14)17/h2-5,9H,6H2,1H3,(H2,14,17)(H,15,20)(H,18,19)/t9-/m0/s1. The first-order chi connectivity index (χ1) is 9.31. The van der Waals surface area contributed by atoms with E-state index in [0.717, 1.165) is 11.0 Å². The molecule has 1 rings (SSSR count). The number of urea groups is 1.